The second-order valence-corrected chi connectivity index (χ2v) is 5.04. The highest BCUT2D eigenvalue weighted by atomic mass is 16.2. The van der Waals surface area contributed by atoms with Crippen LogP contribution in [0.2, 0.25) is 0 Å². The zero-order valence-corrected chi connectivity index (χ0v) is 11.5. The summed E-state index contributed by atoms with van der Waals surface area (Å²) in [4.78, 5) is 27.3. The number of benzene rings is 2. The van der Waals surface area contributed by atoms with Crippen LogP contribution < -0.4 is 16.5 Å². The molecule has 5 nitrogen and oxygen atoms in total. The molecular weight excluding hydrogens is 266 g/mol. The number of carbonyl (C=O) groups is 1. The lowest BCUT2D eigenvalue weighted by Crippen LogP contribution is -2.32. The van der Waals surface area contributed by atoms with Crippen molar-refractivity contribution in [2.45, 2.75) is 13.0 Å². The number of amides is 1. The molecule has 0 aliphatic rings. The monoisotopic (exact) mass is 281 g/mol. The van der Waals surface area contributed by atoms with E-state index in [-0.39, 0.29) is 11.3 Å². The Kier molecular flexibility index (Phi) is 3.19. The number of hydrogen-bond donors (Lipinski definition) is 3. The number of para-hydroxylation sites is 1. The van der Waals surface area contributed by atoms with Gasteiger partial charge in [-0.1, -0.05) is 12.1 Å². The molecule has 0 aliphatic carbocycles. The number of nitrogens with two attached hydrogens (primary N) is 1. The fraction of sp³-hybridized carbons (Fsp3) is 0.125. The summed E-state index contributed by atoms with van der Waals surface area (Å²) in [6.45, 7) is 1.61. The first kappa shape index (κ1) is 13.3. The maximum atomic E-state index is 12.5. The summed E-state index contributed by atoms with van der Waals surface area (Å²) < 4.78 is 0. The number of aromatic amines is 1. The second kappa shape index (κ2) is 5.03. The van der Waals surface area contributed by atoms with Crippen LogP contribution in [-0.2, 0) is 4.79 Å². The highest BCUT2D eigenvalue weighted by Gasteiger charge is 2.09. The zero-order chi connectivity index (χ0) is 15.0. The van der Waals surface area contributed by atoms with Crippen molar-refractivity contribution in [2.75, 3.05) is 5.32 Å². The molecule has 1 heterocycles. The molecule has 3 rings (SSSR count). The second-order valence-electron chi connectivity index (χ2n) is 5.04. The number of anilines is 1. The van der Waals surface area contributed by atoms with E-state index in [4.69, 9.17) is 5.73 Å². The lowest BCUT2D eigenvalue weighted by Gasteiger charge is -2.09. The van der Waals surface area contributed by atoms with Crippen molar-refractivity contribution < 1.29 is 4.79 Å². The third-order valence-corrected chi connectivity index (χ3v) is 3.39. The van der Waals surface area contributed by atoms with E-state index in [2.05, 4.69) is 10.3 Å². The van der Waals surface area contributed by atoms with Crippen LogP contribution in [0.4, 0.5) is 5.69 Å². The Labute approximate surface area is 120 Å². The number of fused-ring (bicyclic) bond motifs is 2. The van der Waals surface area contributed by atoms with Gasteiger partial charge in [-0.15, -0.1) is 0 Å². The van der Waals surface area contributed by atoms with E-state index >= 15 is 0 Å². The highest BCUT2D eigenvalue weighted by Crippen LogP contribution is 2.18. The van der Waals surface area contributed by atoms with E-state index in [9.17, 15) is 9.59 Å². The van der Waals surface area contributed by atoms with Crippen molar-refractivity contribution in [1.29, 1.82) is 0 Å². The molecule has 4 N–H and O–H groups in total. The fourth-order valence-electron chi connectivity index (χ4n) is 2.26. The normalized spacial score (nSPS) is 12.5. The molecule has 0 bridgehead atoms. The molecule has 106 valence electrons. The van der Waals surface area contributed by atoms with Crippen LogP contribution in [0, 0.1) is 0 Å². The number of carbonyl (C=O) groups excluding carboxylic acids is 1. The molecule has 0 spiro atoms. The highest BCUT2D eigenvalue weighted by molar-refractivity contribution is 5.98. The first-order valence-corrected chi connectivity index (χ1v) is 6.67. The summed E-state index contributed by atoms with van der Waals surface area (Å²) in [6.07, 6.45) is 0. The van der Waals surface area contributed by atoms with Gasteiger partial charge in [0, 0.05) is 27.5 Å². The van der Waals surface area contributed by atoms with E-state index in [0.29, 0.717) is 16.5 Å². The van der Waals surface area contributed by atoms with Crippen LogP contribution in [0.1, 0.15) is 6.92 Å². The standard InChI is InChI=1S/C16H15N3O2/c1-9(17)16(21)18-10-6-7-14-12(8-10)15(20)11-4-2-3-5-13(11)19-14/h2-9H,17H2,1H3,(H,18,21)(H,19,20). The molecule has 0 fully saturated rings. The first-order valence-electron chi connectivity index (χ1n) is 6.67. The quantitative estimate of drug-likeness (QED) is 0.627. The van der Waals surface area contributed by atoms with E-state index < -0.39 is 6.04 Å². The summed E-state index contributed by atoms with van der Waals surface area (Å²) in [7, 11) is 0. The van der Waals surface area contributed by atoms with Crippen molar-refractivity contribution in [3.63, 3.8) is 0 Å². The van der Waals surface area contributed by atoms with Crippen molar-refractivity contribution in [3.8, 4) is 0 Å². The van der Waals surface area contributed by atoms with Gasteiger partial charge in [-0.3, -0.25) is 9.59 Å². The van der Waals surface area contributed by atoms with Crippen molar-refractivity contribution in [2.24, 2.45) is 5.73 Å². The van der Waals surface area contributed by atoms with Gasteiger partial charge in [0.25, 0.3) is 0 Å². The fourth-order valence-corrected chi connectivity index (χ4v) is 2.26. The Balaban J connectivity index is 2.17. The molecule has 2 aromatic carbocycles. The van der Waals surface area contributed by atoms with Gasteiger partial charge in [-0.25, -0.2) is 0 Å². The summed E-state index contributed by atoms with van der Waals surface area (Å²) in [6, 6.07) is 11.9. The Morgan fingerprint density at radius 1 is 1.14 bits per heavy atom. The van der Waals surface area contributed by atoms with Gasteiger partial charge in [0.2, 0.25) is 5.91 Å². The smallest absolute Gasteiger partial charge is 0.240 e. The third kappa shape index (κ3) is 2.39. The van der Waals surface area contributed by atoms with E-state index in [1.165, 1.54) is 0 Å². The molecule has 1 aromatic heterocycles. The van der Waals surface area contributed by atoms with Crippen LogP contribution in [0.5, 0.6) is 0 Å². The van der Waals surface area contributed by atoms with E-state index in [1.54, 1.807) is 31.2 Å². The van der Waals surface area contributed by atoms with Gasteiger partial charge in [0.05, 0.1) is 6.04 Å². The van der Waals surface area contributed by atoms with Crippen LogP contribution >= 0.6 is 0 Å². The van der Waals surface area contributed by atoms with Crippen LogP contribution in [0.15, 0.2) is 47.3 Å². The van der Waals surface area contributed by atoms with Crippen molar-refractivity contribution in [1.82, 2.24) is 4.98 Å². The zero-order valence-electron chi connectivity index (χ0n) is 11.5. The Morgan fingerprint density at radius 2 is 1.86 bits per heavy atom. The van der Waals surface area contributed by atoms with Crippen LogP contribution in [0.3, 0.4) is 0 Å². The Morgan fingerprint density at radius 3 is 2.62 bits per heavy atom. The third-order valence-electron chi connectivity index (χ3n) is 3.39. The molecular formula is C16H15N3O2. The number of hydrogen-bond acceptors (Lipinski definition) is 3. The summed E-state index contributed by atoms with van der Waals surface area (Å²) in [5.74, 6) is -0.286. The lowest BCUT2D eigenvalue weighted by atomic mass is 10.1. The predicted octanol–water partition coefficient (Wildman–Crippen LogP) is 1.97. The number of rotatable bonds is 2. The molecule has 0 saturated carbocycles. The average Bonchev–Trinajstić information content (AvgIpc) is 2.48. The van der Waals surface area contributed by atoms with E-state index in [1.807, 2.05) is 18.2 Å². The summed E-state index contributed by atoms with van der Waals surface area (Å²) in [5, 5.41) is 3.86. The molecule has 3 aromatic rings. The van der Waals surface area contributed by atoms with E-state index in [0.717, 1.165) is 11.0 Å². The number of nitrogens with one attached hydrogen (secondary N) is 2. The first-order chi connectivity index (χ1) is 10.1. The molecule has 1 amide bonds. The topological polar surface area (TPSA) is 88.0 Å². The van der Waals surface area contributed by atoms with Crippen molar-refractivity contribution in [3.05, 3.63) is 52.7 Å². The summed E-state index contributed by atoms with van der Waals surface area (Å²) in [5.41, 5.74) is 7.55. The lowest BCUT2D eigenvalue weighted by molar-refractivity contribution is -0.117. The molecule has 5 heteroatoms. The summed E-state index contributed by atoms with van der Waals surface area (Å²) >= 11 is 0. The van der Waals surface area contributed by atoms with Gasteiger partial charge >= 0.3 is 0 Å². The molecule has 0 saturated heterocycles. The van der Waals surface area contributed by atoms with Gasteiger partial charge in [-0.05, 0) is 37.3 Å². The predicted molar refractivity (Wildman–Crippen MR) is 84.4 cm³/mol. The van der Waals surface area contributed by atoms with Crippen LogP contribution in [0.25, 0.3) is 21.8 Å². The average molecular weight is 281 g/mol. The molecule has 0 aliphatic heterocycles. The molecule has 0 radical (unpaired) electrons. The Bertz CT molecular complexity index is 897. The minimum Gasteiger partial charge on any atom is -0.354 e. The molecule has 1 atom stereocenters. The van der Waals surface area contributed by atoms with Gasteiger partial charge in [0.1, 0.15) is 0 Å². The SMILES string of the molecule is CC(N)C(=O)Nc1ccc2[nH]c3ccccc3c(=O)c2c1. The van der Waals surface area contributed by atoms with Gasteiger partial charge < -0.3 is 16.0 Å². The van der Waals surface area contributed by atoms with Gasteiger partial charge in [-0.2, -0.15) is 0 Å². The number of pyridine rings is 1. The minimum absolute atomic E-state index is 0.0590. The minimum atomic E-state index is -0.601. The number of H-pyrrole nitrogens is 1. The van der Waals surface area contributed by atoms with Crippen molar-refractivity contribution >= 4 is 33.4 Å². The largest absolute Gasteiger partial charge is 0.354 e. The maximum Gasteiger partial charge on any atom is 0.240 e. The maximum absolute atomic E-state index is 12.5. The molecule has 1 unspecified atom stereocenters. The van der Waals surface area contributed by atoms with Crippen LogP contribution in [-0.4, -0.2) is 16.9 Å². The Hall–Kier alpha value is -2.66. The van der Waals surface area contributed by atoms with Gasteiger partial charge in [0.15, 0.2) is 5.43 Å². The number of aromatic nitrogens is 1. The molecule has 21 heavy (non-hydrogen) atoms.